The van der Waals surface area contributed by atoms with Crippen molar-refractivity contribution in [2.45, 2.75) is 6.10 Å². The van der Waals surface area contributed by atoms with Gasteiger partial charge in [-0.2, -0.15) is 0 Å². The highest BCUT2D eigenvalue weighted by molar-refractivity contribution is 6.06. The summed E-state index contributed by atoms with van der Waals surface area (Å²) in [5, 5.41) is 21.1. The highest BCUT2D eigenvalue weighted by atomic mass is 16.6. The van der Waals surface area contributed by atoms with E-state index in [0.717, 1.165) is 0 Å². The van der Waals surface area contributed by atoms with Crippen LogP contribution in [0, 0.1) is 10.1 Å². The van der Waals surface area contributed by atoms with Crippen LogP contribution in [0.15, 0.2) is 73.3 Å². The van der Waals surface area contributed by atoms with Gasteiger partial charge in [-0.3, -0.25) is 14.9 Å². The van der Waals surface area contributed by atoms with E-state index in [2.05, 4.69) is 6.58 Å². The first-order valence-corrected chi connectivity index (χ1v) is 6.89. The van der Waals surface area contributed by atoms with E-state index in [-0.39, 0.29) is 5.69 Å². The Hall–Kier alpha value is -3.05. The van der Waals surface area contributed by atoms with Gasteiger partial charge in [0.1, 0.15) is 6.10 Å². The fourth-order valence-electron chi connectivity index (χ4n) is 2.15. The normalized spacial score (nSPS) is 12.5. The molecule has 0 saturated carbocycles. The van der Waals surface area contributed by atoms with Crippen LogP contribution in [0.5, 0.6) is 0 Å². The number of aliphatic hydroxyl groups excluding tert-OH is 1. The van der Waals surface area contributed by atoms with Crippen LogP contribution in [-0.2, 0) is 0 Å². The molecule has 0 radical (unpaired) electrons. The summed E-state index contributed by atoms with van der Waals surface area (Å²) in [5.74, 6) is -0.447. The number of carbonyl (C=O) groups excluding carboxylic acids is 1. The van der Waals surface area contributed by atoms with Gasteiger partial charge in [-0.1, -0.05) is 49.1 Å². The molecule has 0 spiro atoms. The second kappa shape index (κ2) is 7.29. The molecule has 5 heteroatoms. The molecule has 2 aromatic rings. The van der Waals surface area contributed by atoms with Gasteiger partial charge >= 0.3 is 0 Å². The van der Waals surface area contributed by atoms with Crippen LogP contribution in [-0.4, -0.2) is 21.9 Å². The number of hydrogen-bond donors (Lipinski definition) is 1. The van der Waals surface area contributed by atoms with E-state index >= 15 is 0 Å². The van der Waals surface area contributed by atoms with E-state index in [1.54, 1.807) is 30.3 Å². The minimum absolute atomic E-state index is 0.0596. The lowest BCUT2D eigenvalue weighted by Crippen LogP contribution is -2.22. The van der Waals surface area contributed by atoms with Crippen molar-refractivity contribution in [2.24, 2.45) is 0 Å². The number of aliphatic hydroxyl groups is 1. The molecule has 2 aromatic carbocycles. The quantitative estimate of drug-likeness (QED) is 0.384. The number of Topliss-reactive ketones (excluding diaryl/α,β-unsaturated/α-hetero) is 1. The van der Waals surface area contributed by atoms with Gasteiger partial charge < -0.3 is 5.11 Å². The average Bonchev–Trinajstić information content (AvgIpc) is 2.59. The van der Waals surface area contributed by atoms with Crippen LogP contribution in [0.25, 0.3) is 5.57 Å². The van der Waals surface area contributed by atoms with Gasteiger partial charge in [0, 0.05) is 17.7 Å². The number of non-ortho nitro benzene ring substituents is 1. The molecule has 0 aliphatic heterocycles. The fourth-order valence-corrected chi connectivity index (χ4v) is 2.15. The van der Waals surface area contributed by atoms with E-state index in [9.17, 15) is 20.0 Å². The van der Waals surface area contributed by atoms with Crippen LogP contribution in [0.2, 0.25) is 0 Å². The van der Waals surface area contributed by atoms with E-state index in [1.165, 1.54) is 36.4 Å². The number of rotatable bonds is 6. The monoisotopic (exact) mass is 309 g/mol. The summed E-state index contributed by atoms with van der Waals surface area (Å²) in [5.41, 5.74) is 1.18. The summed E-state index contributed by atoms with van der Waals surface area (Å²) in [6.45, 7) is 3.58. The van der Waals surface area contributed by atoms with Crippen LogP contribution < -0.4 is 0 Å². The maximum Gasteiger partial charge on any atom is 0.269 e. The summed E-state index contributed by atoms with van der Waals surface area (Å²) in [6.07, 6.45) is 1.60. The Balaban J connectivity index is 2.34. The maximum atomic E-state index is 12.4. The zero-order chi connectivity index (χ0) is 16.8. The Morgan fingerprint density at radius 3 is 2.22 bits per heavy atom. The molecule has 0 unspecified atom stereocenters. The highest BCUT2D eigenvalue weighted by Crippen LogP contribution is 2.24. The third-order valence-corrected chi connectivity index (χ3v) is 3.31. The topological polar surface area (TPSA) is 80.4 Å². The number of carbonyl (C=O) groups is 1. The lowest BCUT2D eigenvalue weighted by molar-refractivity contribution is -0.384. The van der Waals surface area contributed by atoms with Crippen molar-refractivity contribution in [3.8, 4) is 0 Å². The Bertz CT molecular complexity index is 748. The molecule has 1 atom stereocenters. The SMILES string of the molecule is C=C/C=C(\c1ccc([N+](=O)[O-])cc1)[C@H](O)C(=O)c1ccccc1. The Morgan fingerprint density at radius 2 is 1.70 bits per heavy atom. The van der Waals surface area contributed by atoms with Gasteiger partial charge in [-0.25, -0.2) is 0 Å². The van der Waals surface area contributed by atoms with Gasteiger partial charge in [-0.05, 0) is 23.3 Å². The van der Waals surface area contributed by atoms with Crippen molar-refractivity contribution < 1.29 is 14.8 Å². The third kappa shape index (κ3) is 3.78. The highest BCUT2D eigenvalue weighted by Gasteiger charge is 2.22. The standard InChI is InChI=1S/C18H15NO4/c1-2-6-16(13-9-11-15(12-10-13)19(22)23)18(21)17(20)14-7-4-3-5-8-14/h2-12,18,21H,1H2/b16-6+/t18-/m0/s1. The first-order chi connectivity index (χ1) is 11.0. The molecular weight excluding hydrogens is 294 g/mol. The molecule has 0 aliphatic rings. The zero-order valence-corrected chi connectivity index (χ0v) is 12.3. The van der Waals surface area contributed by atoms with Crippen LogP contribution in [0.1, 0.15) is 15.9 Å². The number of nitro groups is 1. The van der Waals surface area contributed by atoms with E-state index in [1.807, 2.05) is 0 Å². The number of allylic oxidation sites excluding steroid dienone is 2. The van der Waals surface area contributed by atoms with Crippen molar-refractivity contribution in [3.05, 3.63) is 94.6 Å². The molecule has 0 amide bonds. The van der Waals surface area contributed by atoms with E-state index in [4.69, 9.17) is 0 Å². The third-order valence-electron chi connectivity index (χ3n) is 3.31. The van der Waals surface area contributed by atoms with Crippen LogP contribution in [0.3, 0.4) is 0 Å². The van der Waals surface area contributed by atoms with Crippen LogP contribution >= 0.6 is 0 Å². The van der Waals surface area contributed by atoms with Crippen molar-refractivity contribution in [1.82, 2.24) is 0 Å². The summed E-state index contributed by atoms with van der Waals surface area (Å²) in [7, 11) is 0. The summed E-state index contributed by atoms with van der Waals surface area (Å²) >= 11 is 0. The summed E-state index contributed by atoms with van der Waals surface area (Å²) in [6, 6.07) is 14.1. The molecule has 23 heavy (non-hydrogen) atoms. The second-order valence-electron chi connectivity index (χ2n) is 4.79. The maximum absolute atomic E-state index is 12.4. The predicted octanol–water partition coefficient (Wildman–Crippen LogP) is 3.41. The van der Waals surface area contributed by atoms with Gasteiger partial charge in [-0.15, -0.1) is 0 Å². The number of benzene rings is 2. The van der Waals surface area contributed by atoms with Crippen molar-refractivity contribution in [3.63, 3.8) is 0 Å². The van der Waals surface area contributed by atoms with Crippen molar-refractivity contribution in [2.75, 3.05) is 0 Å². The van der Waals surface area contributed by atoms with E-state index in [0.29, 0.717) is 16.7 Å². The predicted molar refractivity (Wildman–Crippen MR) is 88.0 cm³/mol. The molecule has 0 aliphatic carbocycles. The lowest BCUT2D eigenvalue weighted by Gasteiger charge is -2.14. The second-order valence-corrected chi connectivity index (χ2v) is 4.79. The first kappa shape index (κ1) is 16.3. The fraction of sp³-hybridized carbons (Fsp3) is 0.0556. The van der Waals surface area contributed by atoms with E-state index < -0.39 is 16.8 Å². The molecule has 0 bridgehead atoms. The lowest BCUT2D eigenvalue weighted by atomic mass is 9.94. The average molecular weight is 309 g/mol. The van der Waals surface area contributed by atoms with Gasteiger partial charge in [0.2, 0.25) is 0 Å². The molecule has 0 fully saturated rings. The molecule has 2 rings (SSSR count). The van der Waals surface area contributed by atoms with Gasteiger partial charge in [0.25, 0.3) is 5.69 Å². The molecule has 0 aromatic heterocycles. The Morgan fingerprint density at radius 1 is 1.09 bits per heavy atom. The largest absolute Gasteiger partial charge is 0.380 e. The number of nitro benzene ring substituents is 1. The molecule has 0 heterocycles. The van der Waals surface area contributed by atoms with Crippen molar-refractivity contribution >= 4 is 17.0 Å². The summed E-state index contributed by atoms with van der Waals surface area (Å²) in [4.78, 5) is 22.6. The number of hydrogen-bond acceptors (Lipinski definition) is 4. The van der Waals surface area contributed by atoms with Gasteiger partial charge in [0.05, 0.1) is 4.92 Å². The number of nitrogens with zero attached hydrogens (tertiary/aromatic N) is 1. The van der Waals surface area contributed by atoms with Crippen molar-refractivity contribution in [1.29, 1.82) is 0 Å². The molecule has 1 N–H and O–H groups in total. The van der Waals surface area contributed by atoms with Crippen LogP contribution in [0.4, 0.5) is 5.69 Å². The molecule has 5 nitrogen and oxygen atoms in total. The Labute approximate surface area is 133 Å². The minimum atomic E-state index is -1.38. The number of ketones is 1. The molecule has 0 saturated heterocycles. The smallest absolute Gasteiger partial charge is 0.269 e. The molecule has 116 valence electrons. The van der Waals surface area contributed by atoms with Gasteiger partial charge in [0.15, 0.2) is 5.78 Å². The first-order valence-electron chi connectivity index (χ1n) is 6.89. The zero-order valence-electron chi connectivity index (χ0n) is 12.3. The minimum Gasteiger partial charge on any atom is -0.380 e. The summed E-state index contributed by atoms with van der Waals surface area (Å²) < 4.78 is 0. The Kier molecular flexibility index (Phi) is 5.17. The molecular formula is C18H15NO4.